The molecule has 2 fully saturated rings. The minimum Gasteiger partial charge on any atom is -0.391 e. The SMILES string of the molecule is CC(=O)N[C@]12C[C@H]1C(=O)OC2=O. The van der Waals surface area contributed by atoms with Crippen molar-refractivity contribution in [2.45, 2.75) is 18.9 Å². The molecular formula is C7H7NO4. The summed E-state index contributed by atoms with van der Waals surface area (Å²) in [5, 5.41) is 2.44. The molecule has 0 spiro atoms. The average Bonchev–Trinajstić information content (AvgIpc) is 2.57. The van der Waals surface area contributed by atoms with Gasteiger partial charge in [0.2, 0.25) is 5.91 Å². The third kappa shape index (κ3) is 0.704. The maximum Gasteiger partial charge on any atom is 0.340 e. The van der Waals surface area contributed by atoms with Crippen LogP contribution in [0.25, 0.3) is 0 Å². The van der Waals surface area contributed by atoms with Crippen molar-refractivity contribution in [1.82, 2.24) is 5.32 Å². The molecule has 0 aromatic carbocycles. The standard InChI is InChI=1S/C7H7NO4/c1-3(9)8-7-2-4(7)5(10)12-6(7)11/h4H,2H2,1H3,(H,8,9)/t4-,7+/m0/s1. The van der Waals surface area contributed by atoms with Crippen molar-refractivity contribution in [3.05, 3.63) is 0 Å². The van der Waals surface area contributed by atoms with E-state index >= 15 is 0 Å². The summed E-state index contributed by atoms with van der Waals surface area (Å²) in [4.78, 5) is 32.5. The van der Waals surface area contributed by atoms with E-state index in [1.165, 1.54) is 6.92 Å². The Balaban J connectivity index is 2.20. The van der Waals surface area contributed by atoms with Crippen molar-refractivity contribution in [3.63, 3.8) is 0 Å². The molecule has 12 heavy (non-hydrogen) atoms. The van der Waals surface area contributed by atoms with Gasteiger partial charge in [0.15, 0.2) is 5.54 Å². The molecule has 0 aromatic heterocycles. The van der Waals surface area contributed by atoms with Crippen molar-refractivity contribution < 1.29 is 19.1 Å². The lowest BCUT2D eigenvalue weighted by Crippen LogP contribution is -2.41. The summed E-state index contributed by atoms with van der Waals surface area (Å²) >= 11 is 0. The molecule has 1 aliphatic carbocycles. The van der Waals surface area contributed by atoms with Crippen LogP contribution in [-0.4, -0.2) is 23.4 Å². The fourth-order valence-corrected chi connectivity index (χ4v) is 1.53. The Morgan fingerprint density at radius 1 is 1.67 bits per heavy atom. The van der Waals surface area contributed by atoms with Crippen LogP contribution in [0.4, 0.5) is 0 Å². The Morgan fingerprint density at radius 2 is 2.33 bits per heavy atom. The number of rotatable bonds is 1. The highest BCUT2D eigenvalue weighted by atomic mass is 16.6. The zero-order chi connectivity index (χ0) is 8.93. The van der Waals surface area contributed by atoms with Crippen LogP contribution in [0.3, 0.4) is 0 Å². The van der Waals surface area contributed by atoms with Gasteiger partial charge < -0.3 is 10.1 Å². The monoisotopic (exact) mass is 169 g/mol. The Bertz CT molecular complexity index is 298. The molecule has 0 unspecified atom stereocenters. The predicted octanol–water partition coefficient (Wildman–Crippen LogP) is -1.04. The molecule has 5 nitrogen and oxygen atoms in total. The molecule has 64 valence electrons. The van der Waals surface area contributed by atoms with Gasteiger partial charge in [-0.25, -0.2) is 4.79 Å². The van der Waals surface area contributed by atoms with E-state index < -0.39 is 23.4 Å². The zero-order valence-electron chi connectivity index (χ0n) is 6.42. The molecule has 0 radical (unpaired) electrons. The second-order valence-electron chi connectivity index (χ2n) is 3.12. The van der Waals surface area contributed by atoms with E-state index in [-0.39, 0.29) is 5.91 Å². The number of hydrogen-bond donors (Lipinski definition) is 1. The zero-order valence-corrected chi connectivity index (χ0v) is 6.42. The molecule has 1 heterocycles. The van der Waals surface area contributed by atoms with Gasteiger partial charge in [0, 0.05) is 6.92 Å². The van der Waals surface area contributed by atoms with Gasteiger partial charge in [-0.15, -0.1) is 0 Å². The molecule has 0 aromatic rings. The van der Waals surface area contributed by atoms with E-state index in [9.17, 15) is 14.4 Å². The minimum atomic E-state index is -0.997. The summed E-state index contributed by atoms with van der Waals surface area (Å²) in [5.74, 6) is -1.89. The number of fused-ring (bicyclic) bond motifs is 1. The third-order valence-corrected chi connectivity index (χ3v) is 2.20. The van der Waals surface area contributed by atoms with Gasteiger partial charge in [0.1, 0.15) is 0 Å². The van der Waals surface area contributed by atoms with Crippen LogP contribution in [0.15, 0.2) is 0 Å². The lowest BCUT2D eigenvalue weighted by molar-refractivity contribution is -0.156. The van der Waals surface area contributed by atoms with E-state index in [1.807, 2.05) is 0 Å². The van der Waals surface area contributed by atoms with E-state index in [4.69, 9.17) is 0 Å². The highest BCUT2D eigenvalue weighted by molar-refractivity contribution is 6.08. The molecule has 1 saturated carbocycles. The van der Waals surface area contributed by atoms with E-state index in [2.05, 4.69) is 10.1 Å². The topological polar surface area (TPSA) is 72.5 Å². The van der Waals surface area contributed by atoms with Crippen LogP contribution < -0.4 is 5.32 Å². The van der Waals surface area contributed by atoms with Gasteiger partial charge in [0.05, 0.1) is 5.92 Å². The molecule has 0 bridgehead atoms. The van der Waals surface area contributed by atoms with Gasteiger partial charge in [-0.3, -0.25) is 9.59 Å². The number of amides is 1. The van der Waals surface area contributed by atoms with Gasteiger partial charge in [-0.1, -0.05) is 0 Å². The number of ether oxygens (including phenoxy) is 1. The number of hydrogen-bond acceptors (Lipinski definition) is 4. The maximum absolute atomic E-state index is 11.0. The summed E-state index contributed by atoms with van der Waals surface area (Å²) in [6.45, 7) is 1.31. The largest absolute Gasteiger partial charge is 0.391 e. The highest BCUT2D eigenvalue weighted by Gasteiger charge is 2.72. The van der Waals surface area contributed by atoms with Gasteiger partial charge in [0.25, 0.3) is 0 Å². The van der Waals surface area contributed by atoms with Crippen LogP contribution in [0.1, 0.15) is 13.3 Å². The van der Waals surface area contributed by atoms with Gasteiger partial charge >= 0.3 is 11.9 Å². The summed E-state index contributed by atoms with van der Waals surface area (Å²) in [6.07, 6.45) is 0.393. The average molecular weight is 169 g/mol. The van der Waals surface area contributed by atoms with Crippen LogP contribution >= 0.6 is 0 Å². The van der Waals surface area contributed by atoms with Crippen LogP contribution in [0, 0.1) is 5.92 Å². The molecule has 2 aliphatic rings. The smallest absolute Gasteiger partial charge is 0.340 e. The molecule has 1 aliphatic heterocycles. The van der Waals surface area contributed by atoms with Crippen molar-refractivity contribution in [2.24, 2.45) is 5.92 Å². The van der Waals surface area contributed by atoms with Crippen molar-refractivity contribution in [1.29, 1.82) is 0 Å². The maximum atomic E-state index is 11.0. The predicted molar refractivity (Wildman–Crippen MR) is 35.8 cm³/mol. The lowest BCUT2D eigenvalue weighted by Gasteiger charge is -2.07. The molecular weight excluding hydrogens is 162 g/mol. The Kier molecular flexibility index (Phi) is 1.12. The number of esters is 2. The van der Waals surface area contributed by atoms with Crippen LogP contribution in [-0.2, 0) is 19.1 Å². The Hall–Kier alpha value is -1.39. The molecule has 1 N–H and O–H groups in total. The van der Waals surface area contributed by atoms with Gasteiger partial charge in [-0.2, -0.15) is 0 Å². The number of carbonyl (C=O) groups is 3. The molecule has 2 atom stereocenters. The van der Waals surface area contributed by atoms with Crippen molar-refractivity contribution in [2.75, 3.05) is 0 Å². The van der Waals surface area contributed by atoms with E-state index in [0.29, 0.717) is 6.42 Å². The van der Waals surface area contributed by atoms with Gasteiger partial charge in [-0.05, 0) is 6.42 Å². The molecule has 2 rings (SSSR count). The summed E-state index contributed by atoms with van der Waals surface area (Å²) < 4.78 is 4.33. The number of cyclic esters (lactones) is 2. The molecule has 1 saturated heterocycles. The first-order valence-electron chi connectivity index (χ1n) is 3.61. The van der Waals surface area contributed by atoms with Crippen molar-refractivity contribution >= 4 is 17.8 Å². The molecule has 5 heteroatoms. The fourth-order valence-electron chi connectivity index (χ4n) is 1.53. The third-order valence-electron chi connectivity index (χ3n) is 2.20. The number of carbonyl (C=O) groups excluding carboxylic acids is 3. The lowest BCUT2D eigenvalue weighted by atomic mass is 10.2. The van der Waals surface area contributed by atoms with Crippen molar-refractivity contribution in [3.8, 4) is 0 Å². The van der Waals surface area contributed by atoms with Crippen LogP contribution in [0.2, 0.25) is 0 Å². The second-order valence-corrected chi connectivity index (χ2v) is 3.12. The highest BCUT2D eigenvalue weighted by Crippen LogP contribution is 2.49. The normalized spacial score (nSPS) is 37.2. The summed E-state index contributed by atoms with van der Waals surface area (Å²) in [6, 6.07) is 0. The minimum absolute atomic E-state index is 0.316. The second kappa shape index (κ2) is 1.85. The first-order valence-corrected chi connectivity index (χ1v) is 3.61. The Labute approximate surface area is 68.1 Å². The fraction of sp³-hybridized carbons (Fsp3) is 0.571. The van der Waals surface area contributed by atoms with E-state index in [1.54, 1.807) is 0 Å². The van der Waals surface area contributed by atoms with E-state index in [0.717, 1.165) is 0 Å². The first kappa shape index (κ1) is 7.27. The summed E-state index contributed by atoms with van der Waals surface area (Å²) in [5.41, 5.74) is -0.997. The Morgan fingerprint density at radius 3 is 2.67 bits per heavy atom. The first-order chi connectivity index (χ1) is 5.56. The quantitative estimate of drug-likeness (QED) is 0.402. The molecule has 1 amide bonds. The summed E-state index contributed by atoms with van der Waals surface area (Å²) in [7, 11) is 0. The number of nitrogens with one attached hydrogen (secondary N) is 1. The van der Waals surface area contributed by atoms with Crippen LogP contribution in [0.5, 0.6) is 0 Å².